The average Bonchev–Trinajstić information content (AvgIpc) is 1.84. The fourth-order valence-corrected chi connectivity index (χ4v) is 0.865. The Hall–Kier alpha value is 0.430. The van der Waals surface area contributed by atoms with Crippen LogP contribution in [-0.2, 0) is 0 Å². The van der Waals surface area contributed by atoms with Crippen LogP contribution >= 0.6 is 22.6 Å². The maximum absolute atomic E-state index is 8.59. The Kier molecular flexibility index (Phi) is 4.56. The lowest BCUT2D eigenvalue weighted by Crippen LogP contribution is -2.00. The number of halogens is 1. The van der Waals surface area contributed by atoms with Gasteiger partial charge in [0, 0.05) is 12.5 Å². The summed E-state index contributed by atoms with van der Waals surface area (Å²) in [6.45, 7) is 4.28. The van der Waals surface area contributed by atoms with Crippen molar-refractivity contribution in [2.45, 2.75) is 13.8 Å². The van der Waals surface area contributed by atoms with Gasteiger partial charge in [0.2, 0.25) is 0 Å². The third kappa shape index (κ3) is 2.67. The highest BCUT2D eigenvalue weighted by Gasteiger charge is 1.98. The zero-order chi connectivity index (χ0) is 6.57. The summed E-state index contributed by atoms with van der Waals surface area (Å²) in [5.41, 5.74) is 1.24. The lowest BCUT2D eigenvalue weighted by Gasteiger charge is -2.04. The van der Waals surface area contributed by atoms with Gasteiger partial charge in [-0.2, -0.15) is 0 Å². The Morgan fingerprint density at radius 3 is 2.50 bits per heavy atom. The highest BCUT2D eigenvalue weighted by Crippen LogP contribution is 2.09. The van der Waals surface area contributed by atoms with Crippen LogP contribution in [0.1, 0.15) is 13.8 Å². The van der Waals surface area contributed by atoms with Crippen molar-refractivity contribution in [1.82, 2.24) is 0 Å². The van der Waals surface area contributed by atoms with Crippen LogP contribution in [0.5, 0.6) is 0 Å². The lowest BCUT2D eigenvalue weighted by molar-refractivity contribution is 0.256. The summed E-state index contributed by atoms with van der Waals surface area (Å²) in [6.07, 6.45) is 0. The Bertz CT molecular complexity index is 88.5. The van der Waals surface area contributed by atoms with Crippen molar-refractivity contribution in [1.29, 1.82) is 0 Å². The summed E-state index contributed by atoms with van der Waals surface area (Å²) in [4.78, 5) is 0. The van der Waals surface area contributed by atoms with E-state index in [0.29, 0.717) is 5.92 Å². The summed E-state index contributed by atoms with van der Waals surface area (Å²) in [7, 11) is 0. The molecule has 0 aromatic carbocycles. The van der Waals surface area contributed by atoms with E-state index in [1.54, 1.807) is 0 Å². The lowest BCUT2D eigenvalue weighted by atomic mass is 10.1. The van der Waals surface area contributed by atoms with Crippen LogP contribution in [0.25, 0.3) is 0 Å². The largest absolute Gasteiger partial charge is 0.396 e. The van der Waals surface area contributed by atoms with E-state index in [1.165, 1.54) is 5.57 Å². The summed E-state index contributed by atoms with van der Waals surface area (Å²) in [5, 5.41) is 8.59. The zero-order valence-electron chi connectivity index (χ0n) is 5.19. The quantitative estimate of drug-likeness (QED) is 0.713. The molecule has 1 N–H and O–H groups in total. The van der Waals surface area contributed by atoms with Gasteiger partial charge in [-0.1, -0.05) is 35.1 Å². The van der Waals surface area contributed by atoms with Gasteiger partial charge in [-0.15, -0.1) is 0 Å². The summed E-state index contributed by atoms with van der Waals surface area (Å²) < 4.78 is 2.00. The summed E-state index contributed by atoms with van der Waals surface area (Å²) in [6, 6.07) is 0. The van der Waals surface area contributed by atoms with E-state index < -0.39 is 0 Å². The van der Waals surface area contributed by atoms with Crippen LogP contribution < -0.4 is 0 Å². The third-order valence-electron chi connectivity index (χ3n) is 1.22. The van der Waals surface area contributed by atoms with Gasteiger partial charge < -0.3 is 5.11 Å². The highest BCUT2D eigenvalue weighted by atomic mass is 127. The minimum absolute atomic E-state index is 0.255. The van der Waals surface area contributed by atoms with Gasteiger partial charge in [0.25, 0.3) is 0 Å². The van der Waals surface area contributed by atoms with Crippen molar-refractivity contribution in [3.8, 4) is 0 Å². The van der Waals surface area contributed by atoms with Crippen LogP contribution in [0.2, 0.25) is 0 Å². The molecule has 2 heteroatoms. The molecule has 8 heavy (non-hydrogen) atoms. The first-order valence-corrected chi connectivity index (χ1v) is 3.84. The van der Waals surface area contributed by atoms with Crippen molar-refractivity contribution in [3.05, 3.63) is 9.66 Å². The Morgan fingerprint density at radius 1 is 1.88 bits per heavy atom. The van der Waals surface area contributed by atoms with Crippen LogP contribution in [0, 0.1) is 5.92 Å². The molecule has 0 rings (SSSR count). The van der Waals surface area contributed by atoms with Gasteiger partial charge in [-0.3, -0.25) is 0 Å². The van der Waals surface area contributed by atoms with E-state index in [1.807, 2.05) is 17.9 Å². The highest BCUT2D eigenvalue weighted by molar-refractivity contribution is 14.1. The molecule has 48 valence electrons. The SMILES string of the molecule is C/C(=C/I)C(C)CO. The normalized spacial score (nSPS) is 16.2. The van der Waals surface area contributed by atoms with Crippen molar-refractivity contribution in [2.24, 2.45) is 5.92 Å². The van der Waals surface area contributed by atoms with Gasteiger partial charge in [-0.25, -0.2) is 0 Å². The molecule has 0 aliphatic carbocycles. The molecular weight excluding hydrogens is 215 g/mol. The van der Waals surface area contributed by atoms with Crippen molar-refractivity contribution >= 4 is 22.6 Å². The number of aliphatic hydroxyl groups excluding tert-OH is 1. The molecule has 1 atom stereocenters. The number of aliphatic hydroxyl groups is 1. The van der Waals surface area contributed by atoms with Gasteiger partial charge >= 0.3 is 0 Å². The molecule has 0 saturated heterocycles. The summed E-state index contributed by atoms with van der Waals surface area (Å²) >= 11 is 2.18. The predicted octanol–water partition coefficient (Wildman–Crippen LogP) is 1.95. The Morgan fingerprint density at radius 2 is 2.38 bits per heavy atom. The standard InChI is InChI=1S/C6H11IO/c1-5(3-7)6(2)4-8/h3,6,8H,4H2,1-2H3/b5-3-. The summed E-state index contributed by atoms with van der Waals surface area (Å²) in [5.74, 6) is 0.326. The molecule has 0 aliphatic heterocycles. The van der Waals surface area contributed by atoms with E-state index >= 15 is 0 Å². The van der Waals surface area contributed by atoms with Crippen molar-refractivity contribution in [2.75, 3.05) is 6.61 Å². The first-order chi connectivity index (χ1) is 3.72. The van der Waals surface area contributed by atoms with Crippen LogP contribution in [0.4, 0.5) is 0 Å². The molecule has 0 spiro atoms. The van der Waals surface area contributed by atoms with Crippen molar-refractivity contribution in [3.63, 3.8) is 0 Å². The fraction of sp³-hybridized carbons (Fsp3) is 0.667. The van der Waals surface area contributed by atoms with Crippen LogP contribution in [0.15, 0.2) is 9.66 Å². The molecule has 0 radical (unpaired) electrons. The van der Waals surface area contributed by atoms with E-state index in [-0.39, 0.29) is 6.61 Å². The Balaban J connectivity index is 3.63. The minimum atomic E-state index is 0.255. The van der Waals surface area contributed by atoms with Crippen molar-refractivity contribution < 1.29 is 5.11 Å². The number of hydrogen-bond donors (Lipinski definition) is 1. The van der Waals surface area contributed by atoms with E-state index in [9.17, 15) is 0 Å². The van der Waals surface area contributed by atoms with Gasteiger partial charge in [0.1, 0.15) is 0 Å². The molecule has 0 saturated carbocycles. The predicted molar refractivity (Wildman–Crippen MR) is 44.0 cm³/mol. The molecule has 0 aliphatic rings. The van der Waals surface area contributed by atoms with Crippen LogP contribution in [-0.4, -0.2) is 11.7 Å². The number of hydrogen-bond acceptors (Lipinski definition) is 1. The molecule has 0 bridgehead atoms. The Labute approximate surface area is 63.9 Å². The number of rotatable bonds is 2. The molecule has 0 amide bonds. The van der Waals surface area contributed by atoms with Crippen LogP contribution in [0.3, 0.4) is 0 Å². The first kappa shape index (κ1) is 8.43. The smallest absolute Gasteiger partial charge is 0.0493 e. The van der Waals surface area contributed by atoms with E-state index in [4.69, 9.17) is 5.11 Å². The second kappa shape index (κ2) is 4.32. The van der Waals surface area contributed by atoms with Gasteiger partial charge in [-0.05, 0) is 11.0 Å². The van der Waals surface area contributed by atoms with E-state index in [0.717, 1.165) is 0 Å². The average molecular weight is 226 g/mol. The second-order valence-electron chi connectivity index (χ2n) is 1.94. The first-order valence-electron chi connectivity index (χ1n) is 2.60. The monoisotopic (exact) mass is 226 g/mol. The zero-order valence-corrected chi connectivity index (χ0v) is 7.34. The molecule has 0 aromatic heterocycles. The molecule has 1 nitrogen and oxygen atoms in total. The van der Waals surface area contributed by atoms with Gasteiger partial charge in [0.15, 0.2) is 0 Å². The molecule has 0 heterocycles. The molecule has 0 aromatic rings. The minimum Gasteiger partial charge on any atom is -0.396 e. The maximum atomic E-state index is 8.59. The van der Waals surface area contributed by atoms with E-state index in [2.05, 4.69) is 22.6 Å². The molecule has 1 unspecified atom stereocenters. The third-order valence-corrected chi connectivity index (χ3v) is 2.21. The second-order valence-corrected chi connectivity index (χ2v) is 2.56. The maximum Gasteiger partial charge on any atom is 0.0493 e. The molecular formula is C6H11IO. The topological polar surface area (TPSA) is 20.2 Å². The molecule has 0 fully saturated rings. The van der Waals surface area contributed by atoms with Gasteiger partial charge in [0.05, 0.1) is 0 Å². The fourth-order valence-electron chi connectivity index (χ4n) is 0.252.